The third-order valence-electron chi connectivity index (χ3n) is 1.97. The number of hydrogen-bond acceptors (Lipinski definition) is 4. The first kappa shape index (κ1) is 12.7. The maximum absolute atomic E-state index is 11.4. The number of methoxy groups -OCH3 is 1. The molecule has 0 saturated heterocycles. The summed E-state index contributed by atoms with van der Waals surface area (Å²) in [7, 11) is 1.57. The fourth-order valence-electron chi connectivity index (χ4n) is 1.26. The van der Waals surface area contributed by atoms with Crippen LogP contribution in [0.1, 0.15) is 11.4 Å². The summed E-state index contributed by atoms with van der Waals surface area (Å²) >= 11 is 0. The normalized spacial score (nSPS) is 10.4. The summed E-state index contributed by atoms with van der Waals surface area (Å²) < 4.78 is 6.40. The van der Waals surface area contributed by atoms with Crippen molar-refractivity contribution in [3.05, 3.63) is 17.5 Å². The minimum atomic E-state index is -0.234. The van der Waals surface area contributed by atoms with Gasteiger partial charge < -0.3 is 4.74 Å². The molecule has 6 heteroatoms. The van der Waals surface area contributed by atoms with E-state index in [4.69, 9.17) is 9.57 Å². The van der Waals surface area contributed by atoms with E-state index in [-0.39, 0.29) is 12.5 Å². The lowest BCUT2D eigenvalue weighted by atomic mass is 10.4. The monoisotopic (exact) mass is 227 g/mol. The summed E-state index contributed by atoms with van der Waals surface area (Å²) in [6, 6.07) is 1.92. The van der Waals surface area contributed by atoms with Crippen molar-refractivity contribution < 1.29 is 14.4 Å². The van der Waals surface area contributed by atoms with Crippen molar-refractivity contribution in [2.45, 2.75) is 20.4 Å². The van der Waals surface area contributed by atoms with E-state index < -0.39 is 0 Å². The molecule has 0 unspecified atom stereocenters. The largest absolute Gasteiger partial charge is 0.382 e. The Kier molecular flexibility index (Phi) is 4.94. The number of amides is 1. The SMILES string of the molecule is COCCONC(=O)Cn1nc(C)cc1C. The highest BCUT2D eigenvalue weighted by molar-refractivity contribution is 5.74. The first-order valence-corrected chi connectivity index (χ1v) is 5.04. The molecule has 1 aromatic heterocycles. The van der Waals surface area contributed by atoms with Crippen LogP contribution in [-0.4, -0.2) is 36.0 Å². The van der Waals surface area contributed by atoms with Crippen LogP contribution in [0.3, 0.4) is 0 Å². The Morgan fingerprint density at radius 2 is 2.25 bits per heavy atom. The molecule has 0 spiro atoms. The molecule has 0 saturated carbocycles. The van der Waals surface area contributed by atoms with Crippen LogP contribution in [0.25, 0.3) is 0 Å². The van der Waals surface area contributed by atoms with Crippen LogP contribution in [0.15, 0.2) is 6.07 Å². The molecule has 1 rings (SSSR count). The molecule has 16 heavy (non-hydrogen) atoms. The number of aromatic nitrogens is 2. The van der Waals surface area contributed by atoms with E-state index in [1.165, 1.54) is 0 Å². The summed E-state index contributed by atoms with van der Waals surface area (Å²) in [5, 5.41) is 4.17. The summed E-state index contributed by atoms with van der Waals surface area (Å²) in [6.07, 6.45) is 0. The molecule has 6 nitrogen and oxygen atoms in total. The van der Waals surface area contributed by atoms with Crippen molar-refractivity contribution in [2.24, 2.45) is 0 Å². The average molecular weight is 227 g/mol. The Morgan fingerprint density at radius 1 is 1.50 bits per heavy atom. The molecular formula is C10H17N3O3. The minimum Gasteiger partial charge on any atom is -0.382 e. The van der Waals surface area contributed by atoms with Gasteiger partial charge >= 0.3 is 0 Å². The van der Waals surface area contributed by atoms with Crippen LogP contribution in [-0.2, 0) is 20.9 Å². The predicted octanol–water partition coefficient (Wildman–Crippen LogP) is 0.194. The summed E-state index contributed by atoms with van der Waals surface area (Å²) in [5.74, 6) is -0.234. The minimum absolute atomic E-state index is 0.159. The van der Waals surface area contributed by atoms with Crippen molar-refractivity contribution in [3.63, 3.8) is 0 Å². The highest BCUT2D eigenvalue weighted by atomic mass is 16.7. The van der Waals surface area contributed by atoms with Crippen LogP contribution in [0.5, 0.6) is 0 Å². The van der Waals surface area contributed by atoms with Crippen molar-refractivity contribution in [3.8, 4) is 0 Å². The van der Waals surface area contributed by atoms with Crippen molar-refractivity contribution in [1.82, 2.24) is 15.3 Å². The number of nitrogens with one attached hydrogen (secondary N) is 1. The third kappa shape index (κ3) is 4.00. The van der Waals surface area contributed by atoms with Crippen molar-refractivity contribution in [1.29, 1.82) is 0 Å². The number of rotatable bonds is 6. The lowest BCUT2D eigenvalue weighted by Gasteiger charge is -2.06. The second kappa shape index (κ2) is 6.24. The van der Waals surface area contributed by atoms with E-state index in [1.54, 1.807) is 11.8 Å². The number of ether oxygens (including phenoxy) is 1. The fraction of sp³-hybridized carbons (Fsp3) is 0.600. The molecule has 0 aliphatic carbocycles. The van der Waals surface area contributed by atoms with Gasteiger partial charge in [-0.15, -0.1) is 0 Å². The molecule has 0 fully saturated rings. The molecule has 0 aliphatic heterocycles. The standard InChI is InChI=1S/C10H17N3O3/c1-8-6-9(2)13(11-8)7-10(14)12-16-5-4-15-3/h6H,4-5,7H2,1-3H3,(H,12,14). The number of aryl methyl sites for hydroxylation is 2. The van der Waals surface area contributed by atoms with E-state index in [0.29, 0.717) is 13.2 Å². The Balaban J connectivity index is 2.31. The molecule has 0 bridgehead atoms. The highest BCUT2D eigenvalue weighted by Crippen LogP contribution is 2.00. The maximum atomic E-state index is 11.4. The van der Waals surface area contributed by atoms with E-state index >= 15 is 0 Å². The summed E-state index contributed by atoms with van der Waals surface area (Å²) in [6.45, 7) is 4.72. The smallest absolute Gasteiger partial charge is 0.265 e. The molecule has 1 aromatic rings. The van der Waals surface area contributed by atoms with Gasteiger partial charge in [-0.1, -0.05) is 0 Å². The van der Waals surface area contributed by atoms with E-state index in [1.807, 2.05) is 19.9 Å². The molecule has 0 radical (unpaired) electrons. The van der Waals surface area contributed by atoms with Gasteiger partial charge in [-0.3, -0.25) is 14.3 Å². The second-order valence-corrected chi connectivity index (χ2v) is 3.45. The van der Waals surface area contributed by atoms with Gasteiger partial charge in [-0.2, -0.15) is 5.10 Å². The average Bonchev–Trinajstić information content (AvgIpc) is 2.52. The summed E-state index contributed by atoms with van der Waals surface area (Å²) in [5.41, 5.74) is 4.17. The number of carbonyl (C=O) groups excluding carboxylic acids is 1. The van der Waals surface area contributed by atoms with Crippen molar-refractivity contribution >= 4 is 5.91 Å². The van der Waals surface area contributed by atoms with Gasteiger partial charge in [0.2, 0.25) is 0 Å². The molecule has 0 aromatic carbocycles. The number of hydrogen-bond donors (Lipinski definition) is 1. The number of nitrogens with zero attached hydrogens (tertiary/aromatic N) is 2. The predicted molar refractivity (Wildman–Crippen MR) is 57.7 cm³/mol. The van der Waals surface area contributed by atoms with Crippen LogP contribution in [0.2, 0.25) is 0 Å². The summed E-state index contributed by atoms with van der Waals surface area (Å²) in [4.78, 5) is 16.3. The zero-order chi connectivity index (χ0) is 12.0. The molecule has 1 amide bonds. The van der Waals surface area contributed by atoms with Gasteiger partial charge in [0.1, 0.15) is 6.54 Å². The van der Waals surface area contributed by atoms with Crippen LogP contribution < -0.4 is 5.48 Å². The Labute approximate surface area is 94.5 Å². The Hall–Kier alpha value is -1.40. The maximum Gasteiger partial charge on any atom is 0.265 e. The van der Waals surface area contributed by atoms with Crippen LogP contribution in [0, 0.1) is 13.8 Å². The fourth-order valence-corrected chi connectivity index (χ4v) is 1.26. The van der Waals surface area contributed by atoms with Gasteiger partial charge in [0, 0.05) is 12.8 Å². The molecule has 90 valence electrons. The quantitative estimate of drug-likeness (QED) is 0.556. The first-order chi connectivity index (χ1) is 7.63. The van der Waals surface area contributed by atoms with Gasteiger partial charge in [-0.25, -0.2) is 5.48 Å². The van der Waals surface area contributed by atoms with Crippen LogP contribution in [0.4, 0.5) is 0 Å². The molecular weight excluding hydrogens is 210 g/mol. The highest BCUT2D eigenvalue weighted by Gasteiger charge is 2.06. The second-order valence-electron chi connectivity index (χ2n) is 3.45. The van der Waals surface area contributed by atoms with E-state index in [9.17, 15) is 4.79 Å². The Morgan fingerprint density at radius 3 is 2.81 bits per heavy atom. The number of carbonyl (C=O) groups is 1. The van der Waals surface area contributed by atoms with Gasteiger partial charge in [0.25, 0.3) is 5.91 Å². The first-order valence-electron chi connectivity index (χ1n) is 5.04. The third-order valence-corrected chi connectivity index (χ3v) is 1.97. The van der Waals surface area contributed by atoms with E-state index in [0.717, 1.165) is 11.4 Å². The zero-order valence-electron chi connectivity index (χ0n) is 9.82. The van der Waals surface area contributed by atoms with E-state index in [2.05, 4.69) is 10.6 Å². The molecule has 0 atom stereocenters. The lowest BCUT2D eigenvalue weighted by molar-refractivity contribution is -0.135. The molecule has 0 aliphatic rings. The lowest BCUT2D eigenvalue weighted by Crippen LogP contribution is -2.29. The number of hydroxylamine groups is 1. The Bertz CT molecular complexity index is 349. The van der Waals surface area contributed by atoms with Crippen LogP contribution >= 0.6 is 0 Å². The van der Waals surface area contributed by atoms with Gasteiger partial charge in [0.15, 0.2) is 0 Å². The molecule has 1 N–H and O–H groups in total. The van der Waals surface area contributed by atoms with Crippen molar-refractivity contribution in [2.75, 3.05) is 20.3 Å². The van der Waals surface area contributed by atoms with Gasteiger partial charge in [-0.05, 0) is 19.9 Å². The van der Waals surface area contributed by atoms with Gasteiger partial charge in [0.05, 0.1) is 18.9 Å². The topological polar surface area (TPSA) is 65.4 Å². The molecule has 1 heterocycles. The zero-order valence-corrected chi connectivity index (χ0v) is 9.82.